The average molecular weight is 279 g/mol. The van der Waals surface area contributed by atoms with Crippen molar-refractivity contribution in [3.05, 3.63) is 17.5 Å². The molecule has 1 atom stereocenters. The molecule has 0 aliphatic carbocycles. The fourth-order valence-corrected chi connectivity index (χ4v) is 2.61. The van der Waals surface area contributed by atoms with E-state index in [0.29, 0.717) is 18.5 Å². The second-order valence-corrected chi connectivity index (χ2v) is 6.30. The molecular weight excluding hydrogens is 258 g/mol. The van der Waals surface area contributed by atoms with Crippen LogP contribution in [0.1, 0.15) is 43.2 Å². The van der Waals surface area contributed by atoms with Gasteiger partial charge in [0.2, 0.25) is 0 Å². The van der Waals surface area contributed by atoms with Crippen LogP contribution in [0.4, 0.5) is 0 Å². The zero-order valence-corrected chi connectivity index (χ0v) is 12.4. The van der Waals surface area contributed by atoms with Gasteiger partial charge in [-0.05, 0) is 34.1 Å². The highest BCUT2D eigenvalue weighted by Gasteiger charge is 2.33. The largest absolute Gasteiger partial charge is 0.481 e. The van der Waals surface area contributed by atoms with Crippen LogP contribution in [0.2, 0.25) is 0 Å². The van der Waals surface area contributed by atoms with Gasteiger partial charge in [-0.1, -0.05) is 0 Å². The lowest BCUT2D eigenvalue weighted by Gasteiger charge is -2.22. The Morgan fingerprint density at radius 1 is 1.40 bits per heavy atom. The Kier molecular flexibility index (Phi) is 3.58. The zero-order valence-electron chi connectivity index (χ0n) is 12.4. The molecule has 6 heteroatoms. The Labute approximate surface area is 118 Å². The van der Waals surface area contributed by atoms with Crippen molar-refractivity contribution in [3.8, 4) is 0 Å². The topological polar surface area (TPSA) is 75.4 Å². The molecule has 1 amide bonds. The van der Waals surface area contributed by atoms with Crippen LogP contribution in [0.15, 0.2) is 6.20 Å². The van der Waals surface area contributed by atoms with Crippen molar-refractivity contribution in [3.63, 3.8) is 0 Å². The van der Waals surface area contributed by atoms with Gasteiger partial charge in [0.25, 0.3) is 5.91 Å². The fourth-order valence-electron chi connectivity index (χ4n) is 2.61. The SMILES string of the molecule is Cc1c(C(=O)N2CC[C@@H](C(=O)O)C2)cnn1C(C)(C)C. The summed E-state index contributed by atoms with van der Waals surface area (Å²) in [5, 5.41) is 13.3. The summed E-state index contributed by atoms with van der Waals surface area (Å²) in [7, 11) is 0. The summed E-state index contributed by atoms with van der Waals surface area (Å²) < 4.78 is 1.82. The molecule has 0 saturated carbocycles. The quantitative estimate of drug-likeness (QED) is 0.890. The van der Waals surface area contributed by atoms with E-state index in [1.165, 1.54) is 0 Å². The van der Waals surface area contributed by atoms with Crippen LogP contribution in [0.5, 0.6) is 0 Å². The third-order valence-electron chi connectivity index (χ3n) is 3.70. The van der Waals surface area contributed by atoms with Crippen LogP contribution in [-0.2, 0) is 10.3 Å². The van der Waals surface area contributed by atoms with E-state index in [4.69, 9.17) is 5.11 Å². The van der Waals surface area contributed by atoms with Gasteiger partial charge in [0.15, 0.2) is 0 Å². The molecule has 1 aromatic heterocycles. The van der Waals surface area contributed by atoms with Crippen LogP contribution in [0, 0.1) is 12.8 Å². The number of carbonyl (C=O) groups excluding carboxylic acids is 1. The van der Waals surface area contributed by atoms with E-state index in [9.17, 15) is 9.59 Å². The molecule has 6 nitrogen and oxygen atoms in total. The number of hydrogen-bond donors (Lipinski definition) is 1. The number of rotatable bonds is 2. The smallest absolute Gasteiger partial charge is 0.308 e. The van der Waals surface area contributed by atoms with Crippen molar-refractivity contribution >= 4 is 11.9 Å². The van der Waals surface area contributed by atoms with E-state index in [1.54, 1.807) is 11.1 Å². The molecule has 110 valence electrons. The van der Waals surface area contributed by atoms with E-state index in [0.717, 1.165) is 5.69 Å². The predicted molar refractivity (Wildman–Crippen MR) is 73.6 cm³/mol. The monoisotopic (exact) mass is 279 g/mol. The van der Waals surface area contributed by atoms with Gasteiger partial charge < -0.3 is 10.0 Å². The van der Waals surface area contributed by atoms with E-state index in [-0.39, 0.29) is 18.0 Å². The number of likely N-dealkylation sites (tertiary alicyclic amines) is 1. The van der Waals surface area contributed by atoms with E-state index in [1.807, 2.05) is 32.4 Å². The van der Waals surface area contributed by atoms with Gasteiger partial charge in [-0.2, -0.15) is 5.10 Å². The summed E-state index contributed by atoms with van der Waals surface area (Å²) in [6.45, 7) is 8.73. The van der Waals surface area contributed by atoms with Crippen molar-refractivity contribution in [2.45, 2.75) is 39.7 Å². The van der Waals surface area contributed by atoms with Crippen molar-refractivity contribution in [1.82, 2.24) is 14.7 Å². The highest BCUT2D eigenvalue weighted by atomic mass is 16.4. The second kappa shape index (κ2) is 4.92. The highest BCUT2D eigenvalue weighted by molar-refractivity contribution is 5.95. The van der Waals surface area contributed by atoms with E-state index < -0.39 is 11.9 Å². The molecule has 2 rings (SSSR count). The van der Waals surface area contributed by atoms with Crippen LogP contribution in [0.25, 0.3) is 0 Å². The van der Waals surface area contributed by atoms with E-state index in [2.05, 4.69) is 5.10 Å². The van der Waals surface area contributed by atoms with Crippen molar-refractivity contribution in [1.29, 1.82) is 0 Å². The molecular formula is C14H21N3O3. The zero-order chi connectivity index (χ0) is 15.1. The maximum atomic E-state index is 12.5. The number of carbonyl (C=O) groups is 2. The lowest BCUT2D eigenvalue weighted by atomic mass is 10.1. The molecule has 2 heterocycles. The first-order chi connectivity index (χ1) is 9.21. The Balaban J connectivity index is 2.19. The van der Waals surface area contributed by atoms with Crippen molar-refractivity contribution < 1.29 is 14.7 Å². The van der Waals surface area contributed by atoms with Crippen LogP contribution in [-0.4, -0.2) is 44.8 Å². The second-order valence-electron chi connectivity index (χ2n) is 6.30. The molecule has 1 saturated heterocycles. The van der Waals surface area contributed by atoms with Gasteiger partial charge in [-0.25, -0.2) is 0 Å². The number of nitrogens with zero attached hydrogens (tertiary/aromatic N) is 3. The minimum Gasteiger partial charge on any atom is -0.481 e. The lowest BCUT2D eigenvalue weighted by Crippen LogP contribution is -2.31. The Morgan fingerprint density at radius 3 is 2.50 bits per heavy atom. The summed E-state index contributed by atoms with van der Waals surface area (Å²) in [5.74, 6) is -1.40. The molecule has 1 N–H and O–H groups in total. The standard InChI is InChI=1S/C14H21N3O3/c1-9-11(7-15-17(9)14(2,3)4)12(18)16-6-5-10(8-16)13(19)20/h7,10H,5-6,8H2,1-4H3,(H,19,20)/t10-/m1/s1. The molecule has 0 aromatic carbocycles. The number of aromatic nitrogens is 2. The third-order valence-corrected chi connectivity index (χ3v) is 3.70. The van der Waals surface area contributed by atoms with Gasteiger partial charge in [0.1, 0.15) is 0 Å². The van der Waals surface area contributed by atoms with E-state index >= 15 is 0 Å². The number of aliphatic carboxylic acids is 1. The minimum absolute atomic E-state index is 0.123. The number of hydrogen-bond acceptors (Lipinski definition) is 3. The minimum atomic E-state index is -0.831. The predicted octanol–water partition coefficient (Wildman–Crippen LogP) is 1.49. The summed E-state index contributed by atoms with van der Waals surface area (Å²) in [4.78, 5) is 25.0. The molecule has 1 aliphatic rings. The van der Waals surface area contributed by atoms with Gasteiger partial charge in [-0.15, -0.1) is 0 Å². The van der Waals surface area contributed by atoms with Crippen LogP contribution >= 0.6 is 0 Å². The van der Waals surface area contributed by atoms with Crippen LogP contribution < -0.4 is 0 Å². The lowest BCUT2D eigenvalue weighted by molar-refractivity contribution is -0.141. The van der Waals surface area contributed by atoms with Crippen molar-refractivity contribution in [2.75, 3.05) is 13.1 Å². The fraction of sp³-hybridized carbons (Fsp3) is 0.643. The maximum Gasteiger partial charge on any atom is 0.308 e. The van der Waals surface area contributed by atoms with Gasteiger partial charge in [0.05, 0.1) is 23.2 Å². The molecule has 0 radical (unpaired) electrons. The maximum absolute atomic E-state index is 12.5. The number of carboxylic acids is 1. The molecule has 0 unspecified atom stereocenters. The molecule has 1 aliphatic heterocycles. The summed E-state index contributed by atoms with van der Waals surface area (Å²) in [5.41, 5.74) is 1.20. The molecule has 0 bridgehead atoms. The van der Waals surface area contributed by atoms with Gasteiger partial charge in [-0.3, -0.25) is 14.3 Å². The van der Waals surface area contributed by atoms with Gasteiger partial charge in [0, 0.05) is 18.8 Å². The Hall–Kier alpha value is -1.85. The summed E-state index contributed by atoms with van der Waals surface area (Å²) in [6.07, 6.45) is 2.10. The van der Waals surface area contributed by atoms with Gasteiger partial charge >= 0.3 is 5.97 Å². The molecule has 0 spiro atoms. The normalized spacial score (nSPS) is 19.4. The molecule has 20 heavy (non-hydrogen) atoms. The number of amides is 1. The first kappa shape index (κ1) is 14.6. The highest BCUT2D eigenvalue weighted by Crippen LogP contribution is 2.23. The first-order valence-electron chi connectivity index (χ1n) is 6.79. The molecule has 1 fully saturated rings. The third kappa shape index (κ3) is 2.55. The summed E-state index contributed by atoms with van der Waals surface area (Å²) in [6, 6.07) is 0. The Bertz CT molecular complexity index is 542. The average Bonchev–Trinajstić information content (AvgIpc) is 2.93. The van der Waals surface area contributed by atoms with Crippen LogP contribution in [0.3, 0.4) is 0 Å². The van der Waals surface area contributed by atoms with Crippen molar-refractivity contribution in [2.24, 2.45) is 5.92 Å². The first-order valence-corrected chi connectivity index (χ1v) is 6.79. The Morgan fingerprint density at radius 2 is 2.05 bits per heavy atom. The molecule has 1 aromatic rings. The summed E-state index contributed by atoms with van der Waals surface area (Å²) >= 11 is 0. The number of carboxylic acid groups (broad SMARTS) is 1.